The summed E-state index contributed by atoms with van der Waals surface area (Å²) in [5, 5.41) is -0.0299. The second-order valence-electron chi connectivity index (χ2n) is 5.97. The fourth-order valence-corrected chi connectivity index (χ4v) is 4.64. The molecule has 3 rings (SSSR count). The summed E-state index contributed by atoms with van der Waals surface area (Å²) >= 11 is 7.13. The van der Waals surface area contributed by atoms with Crippen LogP contribution in [0.5, 0.6) is 0 Å². The third kappa shape index (κ3) is 4.33. The zero-order valence-electron chi connectivity index (χ0n) is 15.0. The summed E-state index contributed by atoms with van der Waals surface area (Å²) < 4.78 is 44.4. The number of hydrogen-bond donors (Lipinski definition) is 0. The number of aromatic nitrogens is 1. The Hall–Kier alpha value is -2.07. The van der Waals surface area contributed by atoms with Crippen LogP contribution in [0.25, 0.3) is 10.2 Å². The first-order chi connectivity index (χ1) is 13.2. The van der Waals surface area contributed by atoms with E-state index in [1.165, 1.54) is 23.5 Å². The van der Waals surface area contributed by atoms with Crippen molar-refractivity contribution >= 4 is 48.9 Å². The largest absolute Gasteiger partial charge is 0.383 e. The molecule has 1 amide bonds. The summed E-state index contributed by atoms with van der Waals surface area (Å²) in [6.07, 6.45) is 1.13. The van der Waals surface area contributed by atoms with Crippen molar-refractivity contribution in [2.75, 3.05) is 20.0 Å². The van der Waals surface area contributed by atoms with Crippen molar-refractivity contribution in [2.24, 2.45) is 4.99 Å². The second-order valence-corrected chi connectivity index (χ2v) is 9.40. The van der Waals surface area contributed by atoms with Gasteiger partial charge in [0.15, 0.2) is 14.6 Å². The molecule has 28 heavy (non-hydrogen) atoms. The summed E-state index contributed by atoms with van der Waals surface area (Å²) in [5.74, 6) is -1.17. The Kier molecular flexibility index (Phi) is 5.99. The standard InChI is InChI=1S/C18H16ClFN2O4S2/c1-26-8-7-22-15-6-4-12(28(2,24)25)10-16(15)27-18(22)21-17(23)13-5-3-11(20)9-14(13)19/h3-6,9-10H,7-8H2,1-2H3. The Bertz CT molecular complexity index is 1230. The van der Waals surface area contributed by atoms with Gasteiger partial charge >= 0.3 is 0 Å². The predicted octanol–water partition coefficient (Wildman–Crippen LogP) is 3.29. The fourth-order valence-electron chi connectivity index (χ4n) is 2.58. The molecule has 0 fully saturated rings. The number of halogens is 2. The van der Waals surface area contributed by atoms with E-state index in [2.05, 4.69) is 4.99 Å². The molecule has 0 aliphatic rings. The molecule has 148 valence electrons. The lowest BCUT2D eigenvalue weighted by Crippen LogP contribution is -2.19. The van der Waals surface area contributed by atoms with Crippen LogP contribution in [0, 0.1) is 5.82 Å². The van der Waals surface area contributed by atoms with Crippen LogP contribution in [0.2, 0.25) is 5.02 Å². The fraction of sp³-hybridized carbons (Fsp3) is 0.222. The molecule has 0 bridgehead atoms. The highest BCUT2D eigenvalue weighted by atomic mass is 35.5. The van der Waals surface area contributed by atoms with Gasteiger partial charge in [-0.2, -0.15) is 4.99 Å². The van der Waals surface area contributed by atoms with E-state index >= 15 is 0 Å². The number of carbonyl (C=O) groups excluding carboxylic acids is 1. The predicted molar refractivity (Wildman–Crippen MR) is 106 cm³/mol. The van der Waals surface area contributed by atoms with Crippen LogP contribution in [-0.4, -0.2) is 38.9 Å². The maximum absolute atomic E-state index is 13.2. The number of nitrogens with zero attached hydrogens (tertiary/aromatic N) is 2. The molecular formula is C18H16ClFN2O4S2. The maximum Gasteiger partial charge on any atom is 0.281 e. The van der Waals surface area contributed by atoms with Crippen LogP contribution in [0.4, 0.5) is 4.39 Å². The minimum Gasteiger partial charge on any atom is -0.383 e. The quantitative estimate of drug-likeness (QED) is 0.607. The van der Waals surface area contributed by atoms with Gasteiger partial charge in [0, 0.05) is 19.9 Å². The van der Waals surface area contributed by atoms with Crippen LogP contribution in [0.15, 0.2) is 46.3 Å². The van der Waals surface area contributed by atoms with Crippen molar-refractivity contribution in [3.63, 3.8) is 0 Å². The Morgan fingerprint density at radius 3 is 2.68 bits per heavy atom. The van der Waals surface area contributed by atoms with Gasteiger partial charge in [-0.05, 0) is 36.4 Å². The first-order valence-electron chi connectivity index (χ1n) is 8.07. The van der Waals surface area contributed by atoms with Crippen molar-refractivity contribution in [1.82, 2.24) is 4.57 Å². The van der Waals surface area contributed by atoms with Crippen molar-refractivity contribution < 1.29 is 22.3 Å². The zero-order chi connectivity index (χ0) is 20.5. The van der Waals surface area contributed by atoms with Crippen molar-refractivity contribution in [3.8, 4) is 0 Å². The average molecular weight is 443 g/mol. The highest BCUT2D eigenvalue weighted by molar-refractivity contribution is 7.90. The monoisotopic (exact) mass is 442 g/mol. The number of fused-ring (bicyclic) bond motifs is 1. The summed E-state index contributed by atoms with van der Waals surface area (Å²) in [6.45, 7) is 0.788. The number of methoxy groups -OCH3 is 1. The number of rotatable bonds is 5. The molecule has 0 unspecified atom stereocenters. The first-order valence-corrected chi connectivity index (χ1v) is 11.2. The molecule has 0 aliphatic heterocycles. The van der Waals surface area contributed by atoms with Crippen molar-refractivity contribution in [1.29, 1.82) is 0 Å². The average Bonchev–Trinajstić information content (AvgIpc) is 2.95. The zero-order valence-corrected chi connectivity index (χ0v) is 17.4. The minimum absolute atomic E-state index is 0.0299. The third-order valence-corrected chi connectivity index (χ3v) is 6.42. The number of amides is 1. The van der Waals surface area contributed by atoms with Gasteiger partial charge in [0.25, 0.3) is 5.91 Å². The van der Waals surface area contributed by atoms with Crippen LogP contribution >= 0.6 is 22.9 Å². The summed E-state index contributed by atoms with van der Waals surface area (Å²) in [6, 6.07) is 8.19. The number of hydrogen-bond acceptors (Lipinski definition) is 5. The van der Waals surface area contributed by atoms with E-state index in [-0.39, 0.29) is 15.5 Å². The van der Waals surface area contributed by atoms with Gasteiger partial charge < -0.3 is 9.30 Å². The van der Waals surface area contributed by atoms with E-state index < -0.39 is 21.6 Å². The molecule has 0 aliphatic carbocycles. The number of thiazole rings is 1. The van der Waals surface area contributed by atoms with Crippen LogP contribution in [0.3, 0.4) is 0 Å². The Morgan fingerprint density at radius 2 is 2.04 bits per heavy atom. The molecule has 0 saturated heterocycles. The van der Waals surface area contributed by atoms with Gasteiger partial charge in [-0.1, -0.05) is 22.9 Å². The summed E-state index contributed by atoms with van der Waals surface area (Å²) in [5.41, 5.74) is 0.807. The molecule has 6 nitrogen and oxygen atoms in total. The minimum atomic E-state index is -3.37. The molecule has 0 spiro atoms. The number of carbonyl (C=O) groups is 1. The molecule has 3 aromatic rings. The van der Waals surface area contributed by atoms with Crippen molar-refractivity contribution in [2.45, 2.75) is 11.4 Å². The Balaban J connectivity index is 2.17. The third-order valence-electron chi connectivity index (χ3n) is 3.96. The Labute approximate surface area is 169 Å². The highest BCUT2D eigenvalue weighted by Gasteiger charge is 2.15. The van der Waals surface area contributed by atoms with E-state index in [0.717, 1.165) is 23.9 Å². The number of benzene rings is 2. The summed E-state index contributed by atoms with van der Waals surface area (Å²) in [7, 11) is -1.82. The van der Waals surface area contributed by atoms with Crippen LogP contribution in [0.1, 0.15) is 10.4 Å². The molecule has 1 heterocycles. The molecular weight excluding hydrogens is 427 g/mol. The molecule has 0 saturated carbocycles. The van der Waals surface area contributed by atoms with Gasteiger partial charge in [0.2, 0.25) is 0 Å². The van der Waals surface area contributed by atoms with E-state index in [9.17, 15) is 17.6 Å². The highest BCUT2D eigenvalue weighted by Crippen LogP contribution is 2.23. The van der Waals surface area contributed by atoms with Gasteiger partial charge in [-0.15, -0.1) is 0 Å². The molecule has 0 atom stereocenters. The van der Waals surface area contributed by atoms with E-state index in [4.69, 9.17) is 16.3 Å². The first kappa shape index (κ1) is 20.7. The van der Waals surface area contributed by atoms with E-state index in [0.29, 0.717) is 22.7 Å². The van der Waals surface area contributed by atoms with Gasteiger partial charge in [0.1, 0.15) is 5.82 Å². The Morgan fingerprint density at radius 1 is 1.29 bits per heavy atom. The molecule has 10 heteroatoms. The van der Waals surface area contributed by atoms with E-state index in [1.54, 1.807) is 23.8 Å². The van der Waals surface area contributed by atoms with Crippen molar-refractivity contribution in [3.05, 3.63) is 57.6 Å². The smallest absolute Gasteiger partial charge is 0.281 e. The topological polar surface area (TPSA) is 77.7 Å². The number of sulfone groups is 1. The second kappa shape index (κ2) is 8.12. The maximum atomic E-state index is 13.2. The molecule has 2 aromatic carbocycles. The molecule has 0 radical (unpaired) electrons. The van der Waals surface area contributed by atoms with Gasteiger partial charge in [0.05, 0.1) is 32.3 Å². The van der Waals surface area contributed by atoms with E-state index in [1.807, 2.05) is 0 Å². The van der Waals surface area contributed by atoms with Gasteiger partial charge in [-0.25, -0.2) is 12.8 Å². The lowest BCUT2D eigenvalue weighted by atomic mass is 10.2. The summed E-state index contributed by atoms with van der Waals surface area (Å²) in [4.78, 5) is 17.2. The normalized spacial score (nSPS) is 12.6. The van der Waals surface area contributed by atoms with Crippen LogP contribution in [-0.2, 0) is 21.1 Å². The SMILES string of the molecule is COCCn1c(=NC(=O)c2ccc(F)cc2Cl)sc2cc(S(C)(=O)=O)ccc21. The van der Waals surface area contributed by atoms with Gasteiger partial charge in [-0.3, -0.25) is 4.79 Å². The van der Waals surface area contributed by atoms with Crippen LogP contribution < -0.4 is 4.80 Å². The molecule has 1 aromatic heterocycles. The lowest BCUT2D eigenvalue weighted by molar-refractivity contribution is 0.0997. The number of ether oxygens (including phenoxy) is 1. The lowest BCUT2D eigenvalue weighted by Gasteiger charge is -2.05. The molecule has 0 N–H and O–H groups in total.